The molecule has 188 valence electrons. The van der Waals surface area contributed by atoms with Crippen molar-refractivity contribution in [3.63, 3.8) is 0 Å². The van der Waals surface area contributed by atoms with Gasteiger partial charge in [-0.1, -0.05) is 121 Å². The predicted octanol–water partition coefficient (Wildman–Crippen LogP) is 7.35. The standard InChI is InChI=1S/C34H26N4O/c1-3-9-25(10-4-1)31-36-32(26-11-5-2-6-12-26)38-33(37-31)27-19-15-23(16-20-27)24-17-21-28(22-18-24)34-35-29-13-7-8-14-30(29)39-34/h1-22,33-35H,(H,36,37,38). The molecule has 1 atom stereocenters. The molecule has 0 aromatic heterocycles. The zero-order chi connectivity index (χ0) is 26.0. The Bertz CT molecular complexity index is 1580. The van der Waals surface area contributed by atoms with Gasteiger partial charge in [0.05, 0.1) is 5.69 Å². The Labute approximate surface area is 227 Å². The largest absolute Gasteiger partial charge is 0.464 e. The molecule has 0 fully saturated rings. The van der Waals surface area contributed by atoms with Crippen LogP contribution in [-0.2, 0) is 0 Å². The van der Waals surface area contributed by atoms with Gasteiger partial charge in [0.15, 0.2) is 12.4 Å². The van der Waals surface area contributed by atoms with Gasteiger partial charge in [-0.25, -0.2) is 9.98 Å². The van der Waals surface area contributed by atoms with E-state index in [1.165, 1.54) is 0 Å². The molecule has 5 aromatic carbocycles. The molecule has 5 nitrogen and oxygen atoms in total. The summed E-state index contributed by atoms with van der Waals surface area (Å²) in [6.07, 6.45) is -0.507. The minimum absolute atomic E-state index is 0.174. The molecule has 0 saturated carbocycles. The summed E-state index contributed by atoms with van der Waals surface area (Å²) in [6, 6.07) is 45.4. The van der Waals surface area contributed by atoms with Crippen LogP contribution in [0, 0.1) is 0 Å². The number of ether oxygens (including phenoxy) is 1. The van der Waals surface area contributed by atoms with E-state index in [2.05, 4.69) is 83.4 Å². The van der Waals surface area contributed by atoms with Gasteiger partial charge in [-0.3, -0.25) is 0 Å². The summed E-state index contributed by atoms with van der Waals surface area (Å²) in [5.41, 5.74) is 7.51. The zero-order valence-corrected chi connectivity index (χ0v) is 21.2. The first-order chi connectivity index (χ1) is 19.3. The first-order valence-electron chi connectivity index (χ1n) is 13.1. The third kappa shape index (κ3) is 4.66. The highest BCUT2D eigenvalue weighted by molar-refractivity contribution is 6.15. The van der Waals surface area contributed by atoms with E-state index in [1.54, 1.807) is 0 Å². The molecule has 1 unspecified atom stereocenters. The highest BCUT2D eigenvalue weighted by Crippen LogP contribution is 2.38. The third-order valence-electron chi connectivity index (χ3n) is 7.01. The number of nitrogens with zero attached hydrogens (tertiary/aromatic N) is 2. The molecule has 0 aliphatic carbocycles. The lowest BCUT2D eigenvalue weighted by atomic mass is 10.0. The summed E-state index contributed by atoms with van der Waals surface area (Å²) in [5.74, 6) is 2.52. The van der Waals surface area contributed by atoms with Crippen LogP contribution in [0.15, 0.2) is 143 Å². The molecule has 0 spiro atoms. The molecule has 0 amide bonds. The van der Waals surface area contributed by atoms with Crippen molar-refractivity contribution in [3.05, 3.63) is 156 Å². The summed E-state index contributed by atoms with van der Waals surface area (Å²) in [6.45, 7) is 0. The average molecular weight is 507 g/mol. The molecule has 2 heterocycles. The van der Waals surface area contributed by atoms with Crippen molar-refractivity contribution in [3.8, 4) is 16.9 Å². The highest BCUT2D eigenvalue weighted by atomic mass is 16.5. The number of nitrogens with one attached hydrogen (secondary N) is 2. The lowest BCUT2D eigenvalue weighted by Gasteiger charge is -2.22. The SMILES string of the molecule is c1ccc(C2=NC(c3ccc(-c4ccc(C5Nc6ccccc6O5)cc4)cc3)N=C(c3ccccc3)N2)cc1. The molecule has 39 heavy (non-hydrogen) atoms. The number of fused-ring (bicyclic) bond motifs is 1. The van der Waals surface area contributed by atoms with Gasteiger partial charge < -0.3 is 15.4 Å². The van der Waals surface area contributed by atoms with Crippen LogP contribution in [0.5, 0.6) is 5.75 Å². The molecule has 0 radical (unpaired) electrons. The number of aliphatic imine (C=N–C) groups is 2. The van der Waals surface area contributed by atoms with Crippen molar-refractivity contribution >= 4 is 17.4 Å². The number of anilines is 1. The molecule has 0 saturated heterocycles. The lowest BCUT2D eigenvalue weighted by Crippen LogP contribution is -2.35. The number of hydrogen-bond acceptors (Lipinski definition) is 5. The van der Waals surface area contributed by atoms with E-state index in [0.29, 0.717) is 0 Å². The quantitative estimate of drug-likeness (QED) is 0.262. The molecular weight excluding hydrogens is 480 g/mol. The monoisotopic (exact) mass is 506 g/mol. The van der Waals surface area contributed by atoms with Crippen molar-refractivity contribution in [2.75, 3.05) is 5.32 Å². The Hall–Kier alpha value is -5.16. The van der Waals surface area contributed by atoms with Crippen LogP contribution < -0.4 is 15.4 Å². The molecule has 2 N–H and O–H groups in total. The van der Waals surface area contributed by atoms with Gasteiger partial charge in [0.2, 0.25) is 0 Å². The molecular formula is C34H26N4O. The maximum absolute atomic E-state index is 6.06. The smallest absolute Gasteiger partial charge is 0.196 e. The van der Waals surface area contributed by atoms with Crippen molar-refractivity contribution < 1.29 is 4.74 Å². The molecule has 0 bridgehead atoms. The second-order valence-electron chi connectivity index (χ2n) is 9.57. The summed E-state index contributed by atoms with van der Waals surface area (Å²) >= 11 is 0. The van der Waals surface area contributed by atoms with Crippen LogP contribution in [-0.4, -0.2) is 11.7 Å². The van der Waals surface area contributed by atoms with E-state index in [1.807, 2.05) is 60.7 Å². The molecule has 2 aliphatic heterocycles. The fourth-order valence-corrected chi connectivity index (χ4v) is 4.92. The summed E-state index contributed by atoms with van der Waals surface area (Å²) in [7, 11) is 0. The van der Waals surface area contributed by atoms with Gasteiger partial charge in [0.1, 0.15) is 17.4 Å². The van der Waals surface area contributed by atoms with E-state index in [9.17, 15) is 0 Å². The van der Waals surface area contributed by atoms with E-state index in [0.717, 1.165) is 56.5 Å². The van der Waals surface area contributed by atoms with Gasteiger partial charge in [-0.15, -0.1) is 0 Å². The Kier molecular flexibility index (Phi) is 5.87. The Morgan fingerprint density at radius 1 is 0.487 bits per heavy atom. The van der Waals surface area contributed by atoms with Crippen LogP contribution in [0.3, 0.4) is 0 Å². The molecule has 7 rings (SSSR count). The highest BCUT2D eigenvalue weighted by Gasteiger charge is 2.23. The first kappa shape index (κ1) is 23.0. The number of hydrogen-bond donors (Lipinski definition) is 2. The van der Waals surface area contributed by atoms with E-state index < -0.39 is 0 Å². The van der Waals surface area contributed by atoms with Gasteiger partial charge >= 0.3 is 0 Å². The number of amidine groups is 2. The lowest BCUT2D eigenvalue weighted by molar-refractivity contribution is 0.260. The van der Waals surface area contributed by atoms with Crippen LogP contribution >= 0.6 is 0 Å². The van der Waals surface area contributed by atoms with Crippen molar-refractivity contribution in [1.82, 2.24) is 5.32 Å². The minimum atomic E-state index is -0.333. The van der Waals surface area contributed by atoms with Crippen molar-refractivity contribution in [2.24, 2.45) is 9.98 Å². The third-order valence-corrected chi connectivity index (χ3v) is 7.01. The molecule has 2 aliphatic rings. The predicted molar refractivity (Wildman–Crippen MR) is 157 cm³/mol. The van der Waals surface area contributed by atoms with Crippen molar-refractivity contribution in [1.29, 1.82) is 0 Å². The Balaban J connectivity index is 1.14. The second kappa shape index (κ2) is 9.95. The molecule has 5 heteroatoms. The van der Waals surface area contributed by atoms with Crippen LogP contribution in [0.4, 0.5) is 5.69 Å². The minimum Gasteiger partial charge on any atom is -0.464 e. The maximum atomic E-state index is 6.06. The van der Waals surface area contributed by atoms with E-state index in [4.69, 9.17) is 14.7 Å². The molecule has 5 aromatic rings. The van der Waals surface area contributed by atoms with Gasteiger partial charge in [-0.2, -0.15) is 0 Å². The summed E-state index contributed by atoms with van der Waals surface area (Å²) in [5, 5.41) is 6.87. The number of para-hydroxylation sites is 2. The number of rotatable bonds is 5. The fraction of sp³-hybridized carbons (Fsp3) is 0.0588. The fourth-order valence-electron chi connectivity index (χ4n) is 4.92. The summed E-state index contributed by atoms with van der Waals surface area (Å²) < 4.78 is 6.06. The van der Waals surface area contributed by atoms with Gasteiger partial charge in [0.25, 0.3) is 0 Å². The van der Waals surface area contributed by atoms with E-state index in [-0.39, 0.29) is 12.4 Å². The average Bonchev–Trinajstić information content (AvgIpc) is 3.46. The van der Waals surface area contributed by atoms with Crippen molar-refractivity contribution in [2.45, 2.75) is 12.4 Å². The van der Waals surface area contributed by atoms with Crippen LogP contribution in [0.1, 0.15) is 34.6 Å². The normalized spacial score (nSPS) is 16.3. The topological polar surface area (TPSA) is 58.0 Å². The second-order valence-corrected chi connectivity index (χ2v) is 9.57. The Morgan fingerprint density at radius 2 is 1.00 bits per heavy atom. The Morgan fingerprint density at radius 3 is 1.56 bits per heavy atom. The van der Waals surface area contributed by atoms with Crippen LogP contribution in [0.25, 0.3) is 11.1 Å². The maximum Gasteiger partial charge on any atom is 0.196 e. The van der Waals surface area contributed by atoms with E-state index >= 15 is 0 Å². The zero-order valence-electron chi connectivity index (χ0n) is 21.2. The van der Waals surface area contributed by atoms with Gasteiger partial charge in [0, 0.05) is 16.7 Å². The first-order valence-corrected chi connectivity index (χ1v) is 13.1. The van der Waals surface area contributed by atoms with Crippen LogP contribution in [0.2, 0.25) is 0 Å². The van der Waals surface area contributed by atoms with Gasteiger partial charge in [-0.05, 0) is 28.8 Å². The summed E-state index contributed by atoms with van der Waals surface area (Å²) in [4.78, 5) is 9.94. The number of benzene rings is 5.